The van der Waals surface area contributed by atoms with Gasteiger partial charge in [0.1, 0.15) is 0 Å². The normalized spacial score (nSPS) is 10.9. The van der Waals surface area contributed by atoms with E-state index < -0.39 is 0 Å². The molecule has 8 nitrogen and oxygen atoms in total. The summed E-state index contributed by atoms with van der Waals surface area (Å²) in [5.74, 6) is 0.652. The number of aryl methyl sites for hydroxylation is 1. The number of rotatable bonds is 7. The topological polar surface area (TPSA) is 77.5 Å². The van der Waals surface area contributed by atoms with Crippen molar-refractivity contribution < 1.29 is 0 Å². The van der Waals surface area contributed by atoms with Crippen LogP contribution >= 0.6 is 23.8 Å². The average Bonchev–Trinajstić information content (AvgIpc) is 3.46. The van der Waals surface area contributed by atoms with E-state index in [2.05, 4.69) is 39.8 Å². The zero-order chi connectivity index (χ0) is 21.8. The smallest absolute Gasteiger partial charge is 0.176 e. The van der Waals surface area contributed by atoms with E-state index >= 15 is 0 Å². The van der Waals surface area contributed by atoms with Gasteiger partial charge in [-0.05, 0) is 37.7 Å². The number of anilines is 2. The Morgan fingerprint density at radius 2 is 1.84 bits per heavy atom. The Kier molecular flexibility index (Phi) is 6.34. The third kappa shape index (κ3) is 5.12. The monoisotopic (exact) mass is 454 g/mol. The van der Waals surface area contributed by atoms with Gasteiger partial charge in [0.25, 0.3) is 0 Å². The van der Waals surface area contributed by atoms with E-state index in [0.29, 0.717) is 24.0 Å². The molecule has 3 aromatic heterocycles. The third-order valence-electron chi connectivity index (χ3n) is 4.90. The molecule has 0 saturated heterocycles. The first-order chi connectivity index (χ1) is 15.0. The number of nitrogens with zero attached hydrogens (tertiary/aromatic N) is 6. The maximum absolute atomic E-state index is 6.23. The van der Waals surface area contributed by atoms with Crippen molar-refractivity contribution in [3.8, 4) is 0 Å². The first-order valence-electron chi connectivity index (χ1n) is 9.90. The van der Waals surface area contributed by atoms with Crippen LogP contribution in [0, 0.1) is 6.92 Å². The van der Waals surface area contributed by atoms with Crippen molar-refractivity contribution in [3.05, 3.63) is 77.0 Å². The van der Waals surface area contributed by atoms with Gasteiger partial charge in [-0.25, -0.2) is 0 Å². The number of hydrogen-bond donors (Lipinski definition) is 2. The van der Waals surface area contributed by atoms with E-state index in [1.54, 1.807) is 6.20 Å². The maximum atomic E-state index is 6.23. The van der Waals surface area contributed by atoms with Crippen LogP contribution in [0.4, 0.5) is 11.5 Å². The fraction of sp³-hybridized carbons (Fsp3) is 0.238. The van der Waals surface area contributed by atoms with Crippen LogP contribution in [0.3, 0.4) is 0 Å². The standard InChI is InChI=1S/C21H23ClN8S/c1-3-30-15(2)17(10-24-30)13-29-14-18(11-23-29)25-21(31)26-20-8-9-28(27-20)12-16-6-4-5-7-19(16)22/h4-11,14H,3,12-13H2,1-2H3,(H2,25,26,27,31). The molecule has 0 aliphatic heterocycles. The van der Waals surface area contributed by atoms with Crippen LogP contribution in [0.2, 0.25) is 5.02 Å². The van der Waals surface area contributed by atoms with Gasteiger partial charge in [-0.3, -0.25) is 14.0 Å². The predicted molar refractivity (Wildman–Crippen MR) is 127 cm³/mol. The molecule has 4 aromatic rings. The highest BCUT2D eigenvalue weighted by Crippen LogP contribution is 2.17. The molecule has 0 spiro atoms. The summed E-state index contributed by atoms with van der Waals surface area (Å²) >= 11 is 11.6. The Hall–Kier alpha value is -3.17. The quantitative estimate of drug-likeness (QED) is 0.408. The van der Waals surface area contributed by atoms with Crippen LogP contribution in [-0.4, -0.2) is 34.5 Å². The fourth-order valence-electron chi connectivity index (χ4n) is 3.24. The number of aromatic nitrogens is 6. The van der Waals surface area contributed by atoms with Crippen LogP contribution in [0.1, 0.15) is 23.7 Å². The Morgan fingerprint density at radius 3 is 2.61 bits per heavy atom. The first-order valence-corrected chi connectivity index (χ1v) is 10.7. The largest absolute Gasteiger partial charge is 0.330 e. The lowest BCUT2D eigenvalue weighted by Gasteiger charge is -2.07. The zero-order valence-electron chi connectivity index (χ0n) is 17.3. The second-order valence-corrected chi connectivity index (χ2v) is 7.88. The zero-order valence-corrected chi connectivity index (χ0v) is 18.9. The minimum absolute atomic E-state index is 0.442. The fourth-order valence-corrected chi connectivity index (χ4v) is 3.66. The van der Waals surface area contributed by atoms with E-state index in [4.69, 9.17) is 23.8 Å². The summed E-state index contributed by atoms with van der Waals surface area (Å²) in [6.45, 7) is 6.24. The van der Waals surface area contributed by atoms with Gasteiger partial charge in [0, 0.05) is 41.3 Å². The molecule has 0 unspecified atom stereocenters. The molecule has 31 heavy (non-hydrogen) atoms. The molecule has 0 bridgehead atoms. The van der Waals surface area contributed by atoms with E-state index in [1.165, 1.54) is 0 Å². The minimum atomic E-state index is 0.442. The van der Waals surface area contributed by atoms with Gasteiger partial charge in [-0.15, -0.1) is 0 Å². The van der Waals surface area contributed by atoms with Crippen molar-refractivity contribution in [2.75, 3.05) is 10.6 Å². The molecular formula is C21H23ClN8S. The Labute approximate surface area is 190 Å². The van der Waals surface area contributed by atoms with Crippen LogP contribution in [0.25, 0.3) is 0 Å². The lowest BCUT2D eigenvalue weighted by Crippen LogP contribution is -2.19. The average molecular weight is 455 g/mol. The van der Waals surface area contributed by atoms with Gasteiger partial charge < -0.3 is 10.6 Å². The van der Waals surface area contributed by atoms with Crippen molar-refractivity contribution >= 4 is 40.4 Å². The number of benzene rings is 1. The van der Waals surface area contributed by atoms with Crippen molar-refractivity contribution in [1.82, 2.24) is 29.3 Å². The van der Waals surface area contributed by atoms with Gasteiger partial charge in [-0.2, -0.15) is 15.3 Å². The predicted octanol–water partition coefficient (Wildman–Crippen LogP) is 4.16. The van der Waals surface area contributed by atoms with Gasteiger partial charge >= 0.3 is 0 Å². The summed E-state index contributed by atoms with van der Waals surface area (Å²) in [6, 6.07) is 9.59. The molecule has 0 amide bonds. The van der Waals surface area contributed by atoms with Gasteiger partial charge in [-0.1, -0.05) is 29.8 Å². The summed E-state index contributed by atoms with van der Waals surface area (Å²) in [6.07, 6.45) is 7.42. The Bertz CT molecular complexity index is 1190. The molecule has 1 aromatic carbocycles. The summed E-state index contributed by atoms with van der Waals surface area (Å²) in [7, 11) is 0. The van der Waals surface area contributed by atoms with E-state index in [9.17, 15) is 0 Å². The second kappa shape index (κ2) is 9.32. The second-order valence-electron chi connectivity index (χ2n) is 7.07. The number of thiocarbonyl (C=S) groups is 1. The highest BCUT2D eigenvalue weighted by Gasteiger charge is 2.09. The molecule has 3 heterocycles. The minimum Gasteiger partial charge on any atom is -0.330 e. The summed E-state index contributed by atoms with van der Waals surface area (Å²) in [5.41, 5.74) is 4.10. The first kappa shape index (κ1) is 21.1. The Morgan fingerprint density at radius 1 is 1.03 bits per heavy atom. The lowest BCUT2D eigenvalue weighted by atomic mass is 10.2. The summed E-state index contributed by atoms with van der Waals surface area (Å²) in [5, 5.41) is 20.7. The molecule has 160 valence electrons. The molecule has 10 heteroatoms. The van der Waals surface area contributed by atoms with Crippen LogP contribution in [-0.2, 0) is 19.6 Å². The van der Waals surface area contributed by atoms with Crippen molar-refractivity contribution in [2.45, 2.75) is 33.5 Å². The number of nitrogens with one attached hydrogen (secondary N) is 2. The molecule has 0 aliphatic rings. The number of hydrogen-bond acceptors (Lipinski definition) is 4. The summed E-state index contributed by atoms with van der Waals surface area (Å²) < 4.78 is 5.64. The van der Waals surface area contributed by atoms with Gasteiger partial charge in [0.15, 0.2) is 10.9 Å². The van der Waals surface area contributed by atoms with Crippen molar-refractivity contribution in [2.24, 2.45) is 0 Å². The molecular weight excluding hydrogens is 432 g/mol. The molecule has 2 N–H and O–H groups in total. The van der Waals surface area contributed by atoms with Crippen LogP contribution in [0.15, 0.2) is 55.1 Å². The lowest BCUT2D eigenvalue weighted by molar-refractivity contribution is 0.633. The van der Waals surface area contributed by atoms with Gasteiger partial charge in [0.2, 0.25) is 0 Å². The maximum Gasteiger partial charge on any atom is 0.176 e. The SMILES string of the molecule is CCn1ncc(Cn2cc(NC(=S)Nc3ccn(Cc4ccccc4Cl)n3)cn2)c1C. The molecule has 4 rings (SSSR count). The van der Waals surface area contributed by atoms with Gasteiger partial charge in [0.05, 0.1) is 31.2 Å². The highest BCUT2D eigenvalue weighted by atomic mass is 35.5. The van der Waals surface area contributed by atoms with E-state index in [-0.39, 0.29) is 0 Å². The Balaban J connectivity index is 1.33. The van der Waals surface area contributed by atoms with E-state index in [0.717, 1.165) is 34.1 Å². The van der Waals surface area contributed by atoms with Crippen LogP contribution in [0.5, 0.6) is 0 Å². The summed E-state index contributed by atoms with van der Waals surface area (Å²) in [4.78, 5) is 0. The molecule has 0 saturated carbocycles. The van der Waals surface area contributed by atoms with Crippen molar-refractivity contribution in [3.63, 3.8) is 0 Å². The highest BCUT2D eigenvalue weighted by molar-refractivity contribution is 7.80. The molecule has 0 radical (unpaired) electrons. The molecule has 0 atom stereocenters. The molecule has 0 aliphatic carbocycles. The third-order valence-corrected chi connectivity index (χ3v) is 5.47. The molecule has 0 fully saturated rings. The van der Waals surface area contributed by atoms with Crippen LogP contribution < -0.4 is 10.6 Å². The van der Waals surface area contributed by atoms with Crippen molar-refractivity contribution in [1.29, 1.82) is 0 Å². The number of halogens is 1. The van der Waals surface area contributed by atoms with E-state index in [1.807, 2.05) is 63.0 Å².